The third-order valence-corrected chi connectivity index (χ3v) is 5.77. The standard InChI is InChI=1S/C20H30N4O2.2ClH/c21-18-6-2-4-16(18)12-19(25)23-17-5-1-3-14(11-17)13-24-9-7-15(8-10-24)20(22)26;;/h1,3,5,11,15-16,18H,2,4,6-10,12-13,21H2,(H2,22,26)(H,23,25);2*1H/t16-,18+;;/m0../s1. The highest BCUT2D eigenvalue weighted by atomic mass is 35.5. The molecule has 1 aromatic rings. The van der Waals surface area contributed by atoms with Crippen molar-refractivity contribution in [3.63, 3.8) is 0 Å². The van der Waals surface area contributed by atoms with Gasteiger partial charge in [0.2, 0.25) is 11.8 Å². The molecule has 2 atom stereocenters. The van der Waals surface area contributed by atoms with Crippen molar-refractivity contribution in [2.24, 2.45) is 23.3 Å². The molecule has 8 heteroatoms. The Hall–Kier alpha value is -1.34. The van der Waals surface area contributed by atoms with E-state index in [0.29, 0.717) is 12.3 Å². The molecule has 6 nitrogen and oxygen atoms in total. The lowest BCUT2D eigenvalue weighted by atomic mass is 9.96. The molecule has 0 spiro atoms. The van der Waals surface area contributed by atoms with E-state index >= 15 is 0 Å². The molecule has 0 unspecified atom stereocenters. The number of benzene rings is 1. The summed E-state index contributed by atoms with van der Waals surface area (Å²) in [5.74, 6) is 0.187. The largest absolute Gasteiger partial charge is 0.369 e. The predicted octanol–water partition coefficient (Wildman–Crippen LogP) is 2.68. The van der Waals surface area contributed by atoms with Gasteiger partial charge in [-0.2, -0.15) is 0 Å². The van der Waals surface area contributed by atoms with Gasteiger partial charge in [-0.15, -0.1) is 24.8 Å². The van der Waals surface area contributed by atoms with Crippen molar-refractivity contribution in [1.82, 2.24) is 4.90 Å². The van der Waals surface area contributed by atoms with Gasteiger partial charge >= 0.3 is 0 Å². The Labute approximate surface area is 179 Å². The fraction of sp³-hybridized carbons (Fsp3) is 0.600. The molecule has 1 aromatic carbocycles. The smallest absolute Gasteiger partial charge is 0.224 e. The topological polar surface area (TPSA) is 101 Å². The molecule has 2 fully saturated rings. The van der Waals surface area contributed by atoms with Crippen molar-refractivity contribution >= 4 is 42.3 Å². The second-order valence-electron chi connectivity index (χ2n) is 7.76. The molecule has 0 radical (unpaired) electrons. The summed E-state index contributed by atoms with van der Waals surface area (Å²) in [6, 6.07) is 8.17. The average molecular weight is 431 g/mol. The van der Waals surface area contributed by atoms with E-state index in [2.05, 4.69) is 16.3 Å². The number of amides is 2. The maximum absolute atomic E-state index is 12.3. The monoisotopic (exact) mass is 430 g/mol. The molecule has 3 rings (SSSR count). The Kier molecular flexibility index (Phi) is 10.2. The van der Waals surface area contributed by atoms with Crippen LogP contribution in [-0.2, 0) is 16.1 Å². The maximum atomic E-state index is 12.3. The summed E-state index contributed by atoms with van der Waals surface area (Å²) >= 11 is 0. The number of likely N-dealkylation sites (tertiary alicyclic amines) is 1. The summed E-state index contributed by atoms with van der Waals surface area (Å²) in [6.45, 7) is 2.58. The Balaban J connectivity index is 0.00000196. The zero-order valence-corrected chi connectivity index (χ0v) is 17.8. The van der Waals surface area contributed by atoms with Gasteiger partial charge in [-0.05, 0) is 62.4 Å². The number of halogens is 2. The molecular weight excluding hydrogens is 399 g/mol. The fourth-order valence-electron chi connectivity index (χ4n) is 4.15. The summed E-state index contributed by atoms with van der Waals surface area (Å²) < 4.78 is 0. The van der Waals surface area contributed by atoms with Crippen LogP contribution in [0.25, 0.3) is 0 Å². The first-order valence-electron chi connectivity index (χ1n) is 9.67. The molecular formula is C20H32Cl2N4O2. The highest BCUT2D eigenvalue weighted by Crippen LogP contribution is 2.27. The first kappa shape index (κ1) is 24.7. The van der Waals surface area contributed by atoms with Gasteiger partial charge in [0.15, 0.2) is 0 Å². The number of hydrogen-bond donors (Lipinski definition) is 3. The first-order chi connectivity index (χ1) is 12.5. The van der Waals surface area contributed by atoms with Crippen LogP contribution in [0.1, 0.15) is 44.1 Å². The lowest BCUT2D eigenvalue weighted by molar-refractivity contribution is -0.123. The van der Waals surface area contributed by atoms with Crippen molar-refractivity contribution in [2.75, 3.05) is 18.4 Å². The number of primary amides is 1. The molecule has 1 heterocycles. The molecule has 1 saturated heterocycles. The Morgan fingerprint density at radius 2 is 1.82 bits per heavy atom. The molecule has 28 heavy (non-hydrogen) atoms. The number of nitrogens with one attached hydrogen (secondary N) is 1. The summed E-state index contributed by atoms with van der Waals surface area (Å²) in [5, 5.41) is 3.01. The van der Waals surface area contributed by atoms with Gasteiger partial charge in [-0.25, -0.2) is 0 Å². The van der Waals surface area contributed by atoms with E-state index in [1.165, 1.54) is 0 Å². The van der Waals surface area contributed by atoms with E-state index in [9.17, 15) is 9.59 Å². The lowest BCUT2D eigenvalue weighted by Crippen LogP contribution is -2.38. The van der Waals surface area contributed by atoms with Crippen molar-refractivity contribution in [2.45, 2.75) is 51.1 Å². The first-order valence-corrected chi connectivity index (χ1v) is 9.67. The summed E-state index contributed by atoms with van der Waals surface area (Å²) in [6.07, 6.45) is 5.36. The minimum atomic E-state index is -0.184. The lowest BCUT2D eigenvalue weighted by Gasteiger charge is -2.30. The second-order valence-corrected chi connectivity index (χ2v) is 7.76. The number of nitrogens with two attached hydrogens (primary N) is 2. The van der Waals surface area contributed by atoms with Gasteiger partial charge in [-0.3, -0.25) is 14.5 Å². The second kappa shape index (κ2) is 11.6. The van der Waals surface area contributed by atoms with E-state index < -0.39 is 0 Å². The molecule has 0 aromatic heterocycles. The molecule has 0 bridgehead atoms. The van der Waals surface area contributed by atoms with E-state index in [1.807, 2.05) is 18.2 Å². The molecule has 1 aliphatic heterocycles. The normalized spacial score (nSPS) is 22.8. The quantitative estimate of drug-likeness (QED) is 0.645. The van der Waals surface area contributed by atoms with Crippen molar-refractivity contribution in [3.8, 4) is 0 Å². The predicted molar refractivity (Wildman–Crippen MR) is 117 cm³/mol. The van der Waals surface area contributed by atoms with Crippen LogP contribution in [0.2, 0.25) is 0 Å². The van der Waals surface area contributed by atoms with E-state index in [1.54, 1.807) is 0 Å². The van der Waals surface area contributed by atoms with E-state index in [-0.39, 0.29) is 48.6 Å². The number of hydrogen-bond acceptors (Lipinski definition) is 4. The highest BCUT2D eigenvalue weighted by Gasteiger charge is 2.26. The molecule has 2 amide bonds. The van der Waals surface area contributed by atoms with Crippen LogP contribution in [0.4, 0.5) is 5.69 Å². The van der Waals surface area contributed by atoms with Crippen LogP contribution in [0.3, 0.4) is 0 Å². The van der Waals surface area contributed by atoms with Crippen LogP contribution in [0, 0.1) is 11.8 Å². The number of carbonyl (C=O) groups excluding carboxylic acids is 2. The zero-order valence-electron chi connectivity index (χ0n) is 16.1. The molecule has 1 saturated carbocycles. The van der Waals surface area contributed by atoms with Crippen LogP contribution >= 0.6 is 24.8 Å². The van der Waals surface area contributed by atoms with Gasteiger partial charge in [0.05, 0.1) is 0 Å². The third-order valence-electron chi connectivity index (χ3n) is 5.77. The zero-order chi connectivity index (χ0) is 18.5. The van der Waals surface area contributed by atoms with Crippen molar-refractivity contribution in [1.29, 1.82) is 0 Å². The SMILES string of the molecule is Cl.Cl.NC(=O)C1CCN(Cc2cccc(NC(=O)C[C@@H]3CCC[C@H]3N)c2)CC1. The van der Waals surface area contributed by atoms with Gasteiger partial charge in [0.25, 0.3) is 0 Å². The summed E-state index contributed by atoms with van der Waals surface area (Å²) in [5.41, 5.74) is 13.5. The number of anilines is 1. The van der Waals surface area contributed by atoms with Gasteiger partial charge in [0, 0.05) is 30.6 Å². The van der Waals surface area contributed by atoms with Gasteiger partial charge in [-0.1, -0.05) is 18.6 Å². The van der Waals surface area contributed by atoms with Crippen molar-refractivity contribution in [3.05, 3.63) is 29.8 Å². The summed E-state index contributed by atoms with van der Waals surface area (Å²) in [7, 11) is 0. The fourth-order valence-corrected chi connectivity index (χ4v) is 4.15. The van der Waals surface area contributed by atoms with Gasteiger partial charge in [0.1, 0.15) is 0 Å². The van der Waals surface area contributed by atoms with Crippen LogP contribution in [-0.4, -0.2) is 35.8 Å². The van der Waals surface area contributed by atoms with E-state index in [0.717, 1.165) is 63.0 Å². The van der Waals surface area contributed by atoms with Crippen molar-refractivity contribution < 1.29 is 9.59 Å². The molecule has 2 aliphatic rings. The number of piperidine rings is 1. The third kappa shape index (κ3) is 6.92. The number of carbonyl (C=O) groups is 2. The van der Waals surface area contributed by atoms with E-state index in [4.69, 9.17) is 11.5 Å². The molecule has 1 aliphatic carbocycles. The van der Waals surface area contributed by atoms with Crippen LogP contribution in [0.5, 0.6) is 0 Å². The Bertz CT molecular complexity index is 651. The maximum Gasteiger partial charge on any atom is 0.224 e. The molecule has 5 N–H and O–H groups in total. The van der Waals surface area contributed by atoms with Crippen LogP contribution < -0.4 is 16.8 Å². The minimum absolute atomic E-state index is 0. The summed E-state index contributed by atoms with van der Waals surface area (Å²) in [4.78, 5) is 25.9. The van der Waals surface area contributed by atoms with Gasteiger partial charge < -0.3 is 16.8 Å². The number of nitrogens with zero attached hydrogens (tertiary/aromatic N) is 1. The Morgan fingerprint density at radius 1 is 1.11 bits per heavy atom. The minimum Gasteiger partial charge on any atom is -0.369 e. The average Bonchev–Trinajstić information content (AvgIpc) is 3.00. The molecule has 158 valence electrons. The van der Waals surface area contributed by atoms with Crippen LogP contribution in [0.15, 0.2) is 24.3 Å². The highest BCUT2D eigenvalue weighted by molar-refractivity contribution is 5.91. The Morgan fingerprint density at radius 3 is 2.43 bits per heavy atom. The number of rotatable bonds is 6.